The number of hydrogen-bond donors (Lipinski definition) is 3. The molecule has 2 amide bonds. The first-order chi connectivity index (χ1) is 17.0. The van der Waals surface area contributed by atoms with Gasteiger partial charge in [-0.2, -0.15) is 4.98 Å². The zero-order chi connectivity index (χ0) is 26.5. The molecule has 0 radical (unpaired) electrons. The van der Waals surface area contributed by atoms with Gasteiger partial charge < -0.3 is 29.6 Å². The molecular formula is C26H29N3O7. The molecule has 0 fully saturated rings. The van der Waals surface area contributed by atoms with Gasteiger partial charge in [-0.15, -0.1) is 0 Å². The van der Waals surface area contributed by atoms with Crippen LogP contribution in [0.5, 0.6) is 11.8 Å². The van der Waals surface area contributed by atoms with Crippen molar-refractivity contribution >= 4 is 23.5 Å². The summed E-state index contributed by atoms with van der Waals surface area (Å²) in [7, 11) is 1.44. The summed E-state index contributed by atoms with van der Waals surface area (Å²) >= 11 is 0. The molecule has 3 rings (SSSR count). The van der Waals surface area contributed by atoms with Gasteiger partial charge in [-0.3, -0.25) is 9.59 Å². The highest BCUT2D eigenvalue weighted by Crippen LogP contribution is 2.27. The molecule has 0 aliphatic heterocycles. The summed E-state index contributed by atoms with van der Waals surface area (Å²) in [5, 5.41) is 14.5. The lowest BCUT2D eigenvalue weighted by Gasteiger charge is -2.26. The molecule has 0 spiro atoms. The van der Waals surface area contributed by atoms with Gasteiger partial charge in [0.15, 0.2) is 5.76 Å². The smallest absolute Gasteiger partial charge is 0.393 e. The Kier molecular flexibility index (Phi) is 7.98. The zero-order valence-corrected chi connectivity index (χ0v) is 20.8. The molecule has 0 atom stereocenters. The lowest BCUT2D eigenvalue weighted by atomic mass is 10.0. The Hall–Kier alpha value is -4.34. The molecule has 0 saturated carbocycles. The van der Waals surface area contributed by atoms with E-state index in [1.54, 1.807) is 64.1 Å². The Bertz CT molecular complexity index is 1260. The molecule has 36 heavy (non-hydrogen) atoms. The molecule has 0 aliphatic carbocycles. The molecule has 3 aromatic rings. The van der Waals surface area contributed by atoms with E-state index in [1.807, 2.05) is 0 Å². The second kappa shape index (κ2) is 10.9. The third kappa shape index (κ3) is 6.62. The number of aryl methyl sites for hydroxylation is 2. The van der Waals surface area contributed by atoms with Crippen molar-refractivity contribution in [3.8, 4) is 23.1 Å². The number of rotatable bonds is 9. The van der Waals surface area contributed by atoms with Crippen molar-refractivity contribution in [2.45, 2.75) is 39.7 Å². The summed E-state index contributed by atoms with van der Waals surface area (Å²) in [6, 6.07) is 9.90. The molecule has 190 valence electrons. The van der Waals surface area contributed by atoms with Gasteiger partial charge in [-0.05, 0) is 63.1 Å². The fourth-order valence-corrected chi connectivity index (χ4v) is 3.56. The Balaban J connectivity index is 1.56. The number of benzene rings is 2. The highest BCUT2D eigenvalue weighted by Gasteiger charge is 2.25. The number of carboxylic acids is 1. The van der Waals surface area contributed by atoms with Crippen molar-refractivity contribution in [3.05, 3.63) is 59.3 Å². The molecule has 1 aromatic heterocycles. The molecule has 0 saturated heterocycles. The molecule has 3 N–H and O–H groups in total. The van der Waals surface area contributed by atoms with Crippen molar-refractivity contribution in [2.24, 2.45) is 0 Å². The van der Waals surface area contributed by atoms with E-state index >= 15 is 0 Å². The lowest BCUT2D eigenvalue weighted by molar-refractivity contribution is -0.137. The number of ether oxygens (including phenoxy) is 2. The number of nitrogens with zero attached hydrogens (tertiary/aromatic N) is 1. The molecule has 10 nitrogen and oxygen atoms in total. The van der Waals surface area contributed by atoms with E-state index in [4.69, 9.17) is 13.9 Å². The number of aromatic nitrogens is 1. The Morgan fingerprint density at radius 2 is 1.78 bits per heavy atom. The van der Waals surface area contributed by atoms with Crippen LogP contribution in [-0.2, 0) is 9.59 Å². The predicted molar refractivity (Wildman–Crippen MR) is 132 cm³/mol. The van der Waals surface area contributed by atoms with Crippen LogP contribution in [0.4, 0.5) is 5.69 Å². The van der Waals surface area contributed by atoms with Gasteiger partial charge in [0.2, 0.25) is 0 Å². The highest BCUT2D eigenvalue weighted by atomic mass is 16.6. The normalized spacial score (nSPS) is 11.0. The van der Waals surface area contributed by atoms with Gasteiger partial charge in [0.25, 0.3) is 0 Å². The van der Waals surface area contributed by atoms with E-state index in [0.717, 1.165) is 0 Å². The fraction of sp³-hybridized carbons (Fsp3) is 0.308. The zero-order valence-electron chi connectivity index (χ0n) is 20.8. The first-order valence-corrected chi connectivity index (χ1v) is 11.2. The maximum atomic E-state index is 12.5. The number of nitrogens with one attached hydrogen (secondary N) is 2. The molecule has 10 heteroatoms. The summed E-state index contributed by atoms with van der Waals surface area (Å²) in [5.41, 5.74) is 1.94. The van der Waals surface area contributed by atoms with Crippen LogP contribution in [0, 0.1) is 13.8 Å². The number of methoxy groups -OCH3 is 1. The monoisotopic (exact) mass is 495 g/mol. The number of amides is 2. The Morgan fingerprint density at radius 1 is 1.08 bits per heavy atom. The average Bonchev–Trinajstić information content (AvgIpc) is 3.30. The number of oxazole rings is 1. The van der Waals surface area contributed by atoms with Crippen LogP contribution in [0.25, 0.3) is 11.3 Å². The molecule has 0 unspecified atom stereocenters. The van der Waals surface area contributed by atoms with Crippen LogP contribution >= 0.6 is 0 Å². The lowest BCUT2D eigenvalue weighted by Crippen LogP contribution is -2.48. The van der Waals surface area contributed by atoms with E-state index in [2.05, 4.69) is 15.6 Å². The molecular weight excluding hydrogens is 466 g/mol. The van der Waals surface area contributed by atoms with Crippen molar-refractivity contribution in [1.82, 2.24) is 10.3 Å². The van der Waals surface area contributed by atoms with E-state index in [0.29, 0.717) is 40.3 Å². The molecule has 2 aromatic carbocycles. The minimum atomic E-state index is -1.00. The fourth-order valence-electron chi connectivity index (χ4n) is 3.56. The first-order valence-electron chi connectivity index (χ1n) is 11.2. The van der Waals surface area contributed by atoms with Gasteiger partial charge in [0, 0.05) is 23.2 Å². The number of carboxylic acid groups (broad SMARTS) is 1. The summed E-state index contributed by atoms with van der Waals surface area (Å²) in [4.78, 5) is 40.2. The van der Waals surface area contributed by atoms with E-state index in [1.165, 1.54) is 13.3 Å². The largest absolute Gasteiger partial charge is 0.493 e. The van der Waals surface area contributed by atoms with Crippen molar-refractivity contribution < 1.29 is 33.4 Å². The summed E-state index contributed by atoms with van der Waals surface area (Å²) in [6.45, 7) is 7.38. The second-order valence-electron chi connectivity index (χ2n) is 8.91. The first kappa shape index (κ1) is 26.3. The van der Waals surface area contributed by atoms with Gasteiger partial charge in [-0.1, -0.05) is 12.1 Å². The van der Waals surface area contributed by atoms with Crippen molar-refractivity contribution in [1.29, 1.82) is 0 Å². The Morgan fingerprint density at radius 3 is 2.39 bits per heavy atom. The standard InChI is InChI=1S/C26H29N3O7/c1-15-11-18(24(32)33)12-16(2)21(15)35-10-9-26(3,4)29-23(31)22(30)28-19-8-6-7-17(13-19)20-14-27-25(34-5)36-20/h6-8,11-14H,9-10H2,1-5H3,(H,28,30)(H,29,31)(H,32,33). The van der Waals surface area contributed by atoms with Crippen LogP contribution in [-0.4, -0.2) is 47.1 Å². The molecule has 0 aliphatic rings. The van der Waals surface area contributed by atoms with E-state index < -0.39 is 23.3 Å². The summed E-state index contributed by atoms with van der Waals surface area (Å²) in [6.07, 6.45) is 2.03. The van der Waals surface area contributed by atoms with Crippen molar-refractivity contribution in [2.75, 3.05) is 19.0 Å². The van der Waals surface area contributed by atoms with Crippen LogP contribution < -0.4 is 20.1 Å². The van der Waals surface area contributed by atoms with E-state index in [-0.39, 0.29) is 18.2 Å². The Labute approximate surface area is 208 Å². The van der Waals surface area contributed by atoms with Crippen molar-refractivity contribution in [3.63, 3.8) is 0 Å². The number of hydrogen-bond acceptors (Lipinski definition) is 7. The highest BCUT2D eigenvalue weighted by molar-refractivity contribution is 6.39. The molecule has 1 heterocycles. The average molecular weight is 496 g/mol. The number of aromatic carboxylic acids is 1. The van der Waals surface area contributed by atoms with Gasteiger partial charge >= 0.3 is 23.9 Å². The third-order valence-corrected chi connectivity index (χ3v) is 5.40. The quantitative estimate of drug-likeness (QED) is 0.379. The number of carbonyl (C=O) groups is 3. The third-order valence-electron chi connectivity index (χ3n) is 5.40. The number of anilines is 1. The van der Waals surface area contributed by atoms with Crippen LogP contribution in [0.15, 0.2) is 47.0 Å². The van der Waals surface area contributed by atoms with E-state index in [9.17, 15) is 19.5 Å². The minimum Gasteiger partial charge on any atom is -0.493 e. The number of carbonyl (C=O) groups excluding carboxylic acids is 2. The maximum Gasteiger partial charge on any atom is 0.393 e. The van der Waals surface area contributed by atoms with Crippen LogP contribution in [0.2, 0.25) is 0 Å². The predicted octanol–water partition coefficient (Wildman–Crippen LogP) is 3.97. The SMILES string of the molecule is COc1ncc(-c2cccc(NC(=O)C(=O)NC(C)(C)CCOc3c(C)cc(C(=O)O)cc3C)c2)o1. The summed E-state index contributed by atoms with van der Waals surface area (Å²) < 4.78 is 16.2. The maximum absolute atomic E-state index is 12.5. The molecule has 0 bridgehead atoms. The van der Waals surface area contributed by atoms with Crippen LogP contribution in [0.1, 0.15) is 41.8 Å². The van der Waals surface area contributed by atoms with Gasteiger partial charge in [-0.25, -0.2) is 4.79 Å². The van der Waals surface area contributed by atoms with Crippen LogP contribution in [0.3, 0.4) is 0 Å². The summed E-state index contributed by atoms with van der Waals surface area (Å²) in [5.74, 6) is -1.54. The van der Waals surface area contributed by atoms with Gasteiger partial charge in [0.05, 0.1) is 25.5 Å². The minimum absolute atomic E-state index is 0.118. The second-order valence-corrected chi connectivity index (χ2v) is 8.91. The van der Waals surface area contributed by atoms with Gasteiger partial charge in [0.1, 0.15) is 5.75 Å². The topological polar surface area (TPSA) is 140 Å².